The average Bonchev–Trinajstić information content (AvgIpc) is 3.18. The summed E-state index contributed by atoms with van der Waals surface area (Å²) in [7, 11) is 0. The second-order valence-corrected chi connectivity index (χ2v) is 15.0. The second kappa shape index (κ2) is 43.8. The Hall–Kier alpha value is -2.89. The van der Waals surface area contributed by atoms with E-state index in [1.165, 1.54) is 89.9 Å². The van der Waals surface area contributed by atoms with Gasteiger partial charge in [0.2, 0.25) is 0 Å². The van der Waals surface area contributed by atoms with Crippen molar-refractivity contribution in [1.82, 2.24) is 0 Å². The molecule has 55 heavy (non-hydrogen) atoms. The summed E-state index contributed by atoms with van der Waals surface area (Å²) in [6.07, 6.45) is 52.1. The highest BCUT2D eigenvalue weighted by Crippen LogP contribution is 2.14. The molecular formula is C49H84O6. The highest BCUT2D eigenvalue weighted by atomic mass is 16.6. The number of esters is 3. The zero-order chi connectivity index (χ0) is 40.1. The van der Waals surface area contributed by atoms with Crippen LogP contribution < -0.4 is 0 Å². The largest absolute Gasteiger partial charge is 0.462 e. The Balaban J connectivity index is 4.38. The molecular weight excluding hydrogens is 685 g/mol. The van der Waals surface area contributed by atoms with Crippen molar-refractivity contribution >= 4 is 17.9 Å². The Morgan fingerprint density at radius 3 is 1.33 bits per heavy atom. The molecule has 0 saturated heterocycles. The SMILES string of the molecule is CC\C=C/C=C\C=C/CCCCCCCCCC(=O)OCC(COC(=O)CCCC/C=C\C/C=C\CC)OC(=O)CCCCCCCCCCCCCCC. The molecule has 0 aromatic carbocycles. The van der Waals surface area contributed by atoms with Crippen LogP contribution in [0.25, 0.3) is 0 Å². The minimum Gasteiger partial charge on any atom is -0.462 e. The lowest BCUT2D eigenvalue weighted by Gasteiger charge is -2.18. The van der Waals surface area contributed by atoms with E-state index in [1.807, 2.05) is 0 Å². The van der Waals surface area contributed by atoms with E-state index in [4.69, 9.17) is 14.2 Å². The zero-order valence-corrected chi connectivity index (χ0v) is 35.9. The molecule has 0 heterocycles. The summed E-state index contributed by atoms with van der Waals surface area (Å²) in [5.41, 5.74) is 0. The first kappa shape index (κ1) is 52.1. The van der Waals surface area contributed by atoms with Crippen LogP contribution in [0.2, 0.25) is 0 Å². The van der Waals surface area contributed by atoms with Crippen molar-refractivity contribution in [2.75, 3.05) is 13.2 Å². The summed E-state index contributed by atoms with van der Waals surface area (Å²) in [5.74, 6) is -0.940. The number of carbonyl (C=O) groups is 3. The van der Waals surface area contributed by atoms with Crippen LogP contribution >= 0.6 is 0 Å². The van der Waals surface area contributed by atoms with Gasteiger partial charge in [-0.1, -0.05) is 191 Å². The fraction of sp³-hybridized carbons (Fsp3) is 0.735. The van der Waals surface area contributed by atoms with E-state index >= 15 is 0 Å². The first-order valence-corrected chi connectivity index (χ1v) is 22.8. The normalized spacial score (nSPS) is 12.6. The highest BCUT2D eigenvalue weighted by molar-refractivity contribution is 5.71. The molecule has 1 atom stereocenters. The minimum atomic E-state index is -0.787. The molecule has 0 aliphatic carbocycles. The van der Waals surface area contributed by atoms with Gasteiger partial charge in [-0.05, 0) is 64.2 Å². The standard InChI is InChI=1S/C49H84O6/c1-4-7-10-13-16-19-21-23-24-26-27-30-33-36-39-42-48(51)54-45-46(44-53-47(50)41-38-35-32-29-18-15-12-9-6-3)55-49(52)43-40-37-34-31-28-25-22-20-17-14-11-8-5-2/h7,9-10,12-13,16,18-19,21,29,46H,4-6,8,11,14-15,17,20,22-28,30-45H2,1-3H3/b10-7-,12-9-,16-13-,21-19-,29-18-. The van der Waals surface area contributed by atoms with Crippen LogP contribution in [0, 0.1) is 0 Å². The van der Waals surface area contributed by atoms with E-state index in [1.54, 1.807) is 0 Å². The van der Waals surface area contributed by atoms with E-state index in [0.717, 1.165) is 83.5 Å². The summed E-state index contributed by atoms with van der Waals surface area (Å²) >= 11 is 0. The smallest absolute Gasteiger partial charge is 0.306 e. The number of ether oxygens (including phenoxy) is 3. The number of hydrogen-bond donors (Lipinski definition) is 0. The van der Waals surface area contributed by atoms with E-state index < -0.39 is 6.10 Å². The van der Waals surface area contributed by atoms with Crippen LogP contribution in [0.15, 0.2) is 60.8 Å². The van der Waals surface area contributed by atoms with Gasteiger partial charge in [0.05, 0.1) is 0 Å². The van der Waals surface area contributed by atoms with Crippen LogP contribution in [0.4, 0.5) is 0 Å². The monoisotopic (exact) mass is 769 g/mol. The quantitative estimate of drug-likeness (QED) is 0.0203. The third-order valence-electron chi connectivity index (χ3n) is 9.58. The molecule has 0 rings (SSSR count). The molecule has 0 radical (unpaired) electrons. The van der Waals surface area contributed by atoms with E-state index in [0.29, 0.717) is 19.3 Å². The predicted octanol–water partition coefficient (Wildman–Crippen LogP) is 14.5. The first-order chi connectivity index (χ1) is 27.0. The fourth-order valence-corrected chi connectivity index (χ4v) is 6.18. The lowest BCUT2D eigenvalue weighted by Crippen LogP contribution is -2.30. The first-order valence-electron chi connectivity index (χ1n) is 22.8. The zero-order valence-electron chi connectivity index (χ0n) is 35.9. The van der Waals surface area contributed by atoms with Gasteiger partial charge in [0.1, 0.15) is 13.2 Å². The van der Waals surface area contributed by atoms with Crippen molar-refractivity contribution < 1.29 is 28.6 Å². The Bertz CT molecular complexity index is 1020. The fourth-order valence-electron chi connectivity index (χ4n) is 6.18. The van der Waals surface area contributed by atoms with Crippen LogP contribution in [-0.4, -0.2) is 37.2 Å². The molecule has 0 fully saturated rings. The average molecular weight is 769 g/mol. The highest BCUT2D eigenvalue weighted by Gasteiger charge is 2.19. The molecule has 0 amide bonds. The van der Waals surface area contributed by atoms with Gasteiger partial charge in [-0.3, -0.25) is 14.4 Å². The maximum atomic E-state index is 12.7. The number of allylic oxidation sites excluding steroid dienone is 10. The van der Waals surface area contributed by atoms with E-state index in [-0.39, 0.29) is 31.1 Å². The molecule has 6 heteroatoms. The Labute approximate surface area is 339 Å². The predicted molar refractivity (Wildman–Crippen MR) is 233 cm³/mol. The molecule has 1 unspecified atom stereocenters. The molecule has 0 bridgehead atoms. The lowest BCUT2D eigenvalue weighted by molar-refractivity contribution is -0.167. The van der Waals surface area contributed by atoms with Crippen LogP contribution in [0.5, 0.6) is 0 Å². The maximum absolute atomic E-state index is 12.7. The molecule has 0 aromatic heterocycles. The molecule has 0 saturated carbocycles. The summed E-state index contributed by atoms with van der Waals surface area (Å²) < 4.78 is 16.7. The van der Waals surface area contributed by atoms with E-state index in [2.05, 4.69) is 81.5 Å². The van der Waals surface area contributed by atoms with Gasteiger partial charge in [-0.15, -0.1) is 0 Å². The molecule has 0 aromatic rings. The van der Waals surface area contributed by atoms with Gasteiger partial charge >= 0.3 is 17.9 Å². The summed E-state index contributed by atoms with van der Waals surface area (Å²) in [4.78, 5) is 37.7. The lowest BCUT2D eigenvalue weighted by atomic mass is 10.0. The van der Waals surface area contributed by atoms with Crippen molar-refractivity contribution in [2.24, 2.45) is 0 Å². The molecule has 6 nitrogen and oxygen atoms in total. The third-order valence-corrected chi connectivity index (χ3v) is 9.58. The van der Waals surface area contributed by atoms with Crippen molar-refractivity contribution in [2.45, 2.75) is 219 Å². The van der Waals surface area contributed by atoms with Gasteiger partial charge in [0.15, 0.2) is 6.10 Å². The molecule has 316 valence electrons. The van der Waals surface area contributed by atoms with Crippen molar-refractivity contribution in [3.8, 4) is 0 Å². The minimum absolute atomic E-state index is 0.0899. The van der Waals surface area contributed by atoms with Crippen LogP contribution in [0.1, 0.15) is 213 Å². The number of rotatable bonds is 40. The number of hydrogen-bond acceptors (Lipinski definition) is 6. The van der Waals surface area contributed by atoms with Gasteiger partial charge < -0.3 is 14.2 Å². The van der Waals surface area contributed by atoms with Crippen molar-refractivity contribution in [3.05, 3.63) is 60.8 Å². The maximum Gasteiger partial charge on any atom is 0.306 e. The summed E-state index contributed by atoms with van der Waals surface area (Å²) in [6, 6.07) is 0. The molecule has 0 spiro atoms. The number of unbranched alkanes of at least 4 members (excludes halogenated alkanes) is 21. The van der Waals surface area contributed by atoms with Crippen molar-refractivity contribution in [3.63, 3.8) is 0 Å². The van der Waals surface area contributed by atoms with Crippen LogP contribution in [-0.2, 0) is 28.6 Å². The molecule has 0 N–H and O–H groups in total. The Morgan fingerprint density at radius 1 is 0.400 bits per heavy atom. The van der Waals surface area contributed by atoms with E-state index in [9.17, 15) is 14.4 Å². The van der Waals surface area contributed by atoms with Gasteiger partial charge in [-0.25, -0.2) is 0 Å². The number of carbonyl (C=O) groups excluding carboxylic acids is 3. The summed E-state index contributed by atoms with van der Waals surface area (Å²) in [6.45, 7) is 6.33. The molecule has 0 aliphatic rings. The third kappa shape index (κ3) is 42.1. The molecule has 0 aliphatic heterocycles. The topological polar surface area (TPSA) is 78.9 Å². The Morgan fingerprint density at radius 2 is 0.800 bits per heavy atom. The van der Waals surface area contributed by atoms with Crippen LogP contribution in [0.3, 0.4) is 0 Å². The van der Waals surface area contributed by atoms with Crippen molar-refractivity contribution in [1.29, 1.82) is 0 Å². The van der Waals surface area contributed by atoms with Gasteiger partial charge in [0.25, 0.3) is 0 Å². The summed E-state index contributed by atoms with van der Waals surface area (Å²) in [5, 5.41) is 0. The van der Waals surface area contributed by atoms with Gasteiger partial charge in [-0.2, -0.15) is 0 Å². The Kier molecular flexibility index (Phi) is 41.5. The second-order valence-electron chi connectivity index (χ2n) is 15.0. The van der Waals surface area contributed by atoms with Gasteiger partial charge in [0, 0.05) is 19.3 Å².